The van der Waals surface area contributed by atoms with Crippen LogP contribution in [0.25, 0.3) is 11.0 Å². The van der Waals surface area contributed by atoms with Crippen molar-refractivity contribution in [2.24, 2.45) is 0 Å². The predicted octanol–water partition coefficient (Wildman–Crippen LogP) is 3.03. The zero-order valence-corrected chi connectivity index (χ0v) is 17.1. The van der Waals surface area contributed by atoms with E-state index in [9.17, 15) is 9.59 Å². The number of amides is 1. The molecule has 0 unspecified atom stereocenters. The Labute approximate surface area is 177 Å². The molecule has 30 heavy (non-hydrogen) atoms. The molecule has 0 spiro atoms. The van der Waals surface area contributed by atoms with Gasteiger partial charge in [0.05, 0.1) is 19.3 Å². The molecule has 4 rings (SSSR count). The molecule has 0 radical (unpaired) electrons. The molecule has 2 heterocycles. The van der Waals surface area contributed by atoms with Crippen molar-refractivity contribution in [1.82, 2.24) is 24.6 Å². The number of benzene rings is 2. The molecule has 1 amide bonds. The molecule has 2 aromatic carbocycles. The van der Waals surface area contributed by atoms with E-state index < -0.39 is 0 Å². The van der Waals surface area contributed by atoms with Crippen LogP contribution in [0.3, 0.4) is 0 Å². The quantitative estimate of drug-likeness (QED) is 0.518. The maximum atomic E-state index is 12.8. The average Bonchev–Trinajstić information content (AvgIpc) is 3.15. The Hall–Kier alpha value is -3.45. The van der Waals surface area contributed by atoms with Crippen molar-refractivity contribution < 1.29 is 4.79 Å². The summed E-state index contributed by atoms with van der Waals surface area (Å²) in [4.78, 5) is 29.5. The van der Waals surface area contributed by atoms with Crippen molar-refractivity contribution in [2.45, 2.75) is 20.0 Å². The summed E-state index contributed by atoms with van der Waals surface area (Å²) >= 11 is 5.91. The second-order valence-corrected chi connectivity index (χ2v) is 7.42. The third-order valence-electron chi connectivity index (χ3n) is 4.89. The fourth-order valence-electron chi connectivity index (χ4n) is 3.26. The van der Waals surface area contributed by atoms with E-state index in [2.05, 4.69) is 15.4 Å². The van der Waals surface area contributed by atoms with E-state index in [1.807, 2.05) is 37.3 Å². The van der Waals surface area contributed by atoms with Crippen LogP contribution in [0.5, 0.6) is 0 Å². The summed E-state index contributed by atoms with van der Waals surface area (Å²) in [5.74, 6) is -0.136. The third kappa shape index (κ3) is 4.11. The number of nitrogens with zero attached hydrogens (tertiary/aromatic N) is 4. The smallest absolute Gasteiger partial charge is 0.264 e. The predicted molar refractivity (Wildman–Crippen MR) is 116 cm³/mol. The minimum absolute atomic E-state index is 0.136. The van der Waals surface area contributed by atoms with Gasteiger partial charge in [0.1, 0.15) is 11.7 Å². The fourth-order valence-corrected chi connectivity index (χ4v) is 3.38. The lowest BCUT2D eigenvalue weighted by Gasteiger charge is -2.09. The number of halogens is 1. The minimum Gasteiger partial charge on any atom is -0.350 e. The minimum atomic E-state index is -0.162. The Balaban J connectivity index is 1.46. The highest BCUT2D eigenvalue weighted by atomic mass is 35.5. The molecule has 4 aromatic rings. The molecule has 8 heteroatoms. The van der Waals surface area contributed by atoms with Crippen molar-refractivity contribution in [1.29, 1.82) is 0 Å². The first-order chi connectivity index (χ1) is 14.5. The molecule has 1 N–H and O–H groups in total. The first-order valence-corrected chi connectivity index (χ1v) is 9.90. The average molecular weight is 422 g/mol. The zero-order valence-electron chi connectivity index (χ0n) is 16.4. The molecule has 2 aromatic heterocycles. The Morgan fingerprint density at radius 1 is 1.13 bits per heavy atom. The van der Waals surface area contributed by atoms with Gasteiger partial charge in [0.25, 0.3) is 11.5 Å². The van der Waals surface area contributed by atoms with E-state index in [0.29, 0.717) is 41.3 Å². The number of hydrogen-bond acceptors (Lipinski definition) is 4. The molecule has 0 aliphatic carbocycles. The number of fused-ring (bicyclic) bond motifs is 1. The molecule has 0 fully saturated rings. The molecule has 0 aliphatic heterocycles. The summed E-state index contributed by atoms with van der Waals surface area (Å²) in [7, 11) is 0. The molecule has 0 bridgehead atoms. The summed E-state index contributed by atoms with van der Waals surface area (Å²) < 4.78 is 3.17. The fraction of sp³-hybridized carbons (Fsp3) is 0.182. The summed E-state index contributed by atoms with van der Waals surface area (Å²) in [5.41, 5.74) is 2.85. The lowest BCUT2D eigenvalue weighted by atomic mass is 10.1. The van der Waals surface area contributed by atoms with Crippen LogP contribution in [-0.4, -0.2) is 31.8 Å². The summed E-state index contributed by atoms with van der Waals surface area (Å²) in [6.45, 7) is 3.08. The van der Waals surface area contributed by atoms with Crippen LogP contribution in [0.1, 0.15) is 21.5 Å². The van der Waals surface area contributed by atoms with Gasteiger partial charge in [-0.15, -0.1) is 0 Å². The maximum absolute atomic E-state index is 12.8. The summed E-state index contributed by atoms with van der Waals surface area (Å²) in [6, 6.07) is 14.7. The van der Waals surface area contributed by atoms with Gasteiger partial charge in [-0.3, -0.25) is 14.2 Å². The first kappa shape index (κ1) is 19.8. The van der Waals surface area contributed by atoms with Gasteiger partial charge in [0, 0.05) is 17.1 Å². The number of nitrogens with one attached hydrogen (secondary N) is 1. The molecule has 0 saturated heterocycles. The highest BCUT2D eigenvalue weighted by Gasteiger charge is 2.12. The van der Waals surface area contributed by atoms with Crippen LogP contribution in [0, 0.1) is 6.92 Å². The van der Waals surface area contributed by atoms with Gasteiger partial charge in [0.15, 0.2) is 5.65 Å². The number of hydrogen-bond donors (Lipinski definition) is 1. The van der Waals surface area contributed by atoms with Gasteiger partial charge in [-0.2, -0.15) is 5.10 Å². The monoisotopic (exact) mass is 421 g/mol. The lowest BCUT2D eigenvalue weighted by Crippen LogP contribution is -2.28. The van der Waals surface area contributed by atoms with Crippen LogP contribution < -0.4 is 10.9 Å². The lowest BCUT2D eigenvalue weighted by molar-refractivity contribution is 0.0951. The molecule has 0 aliphatic rings. The number of carbonyl (C=O) groups is 1. The number of aryl methyl sites for hydroxylation is 1. The van der Waals surface area contributed by atoms with Gasteiger partial charge >= 0.3 is 0 Å². The Kier molecular flexibility index (Phi) is 5.63. The van der Waals surface area contributed by atoms with Gasteiger partial charge in [-0.05, 0) is 36.2 Å². The largest absolute Gasteiger partial charge is 0.350 e. The van der Waals surface area contributed by atoms with E-state index >= 15 is 0 Å². The SMILES string of the molecule is Cc1ccccc1C(=O)NCCn1ncc2c(=O)n(Cc3ccc(Cl)cc3)cnc21. The van der Waals surface area contributed by atoms with Crippen molar-refractivity contribution in [3.8, 4) is 0 Å². The second kappa shape index (κ2) is 8.51. The standard InChI is InChI=1S/C22H20ClN5O2/c1-15-4-2-3-5-18(15)21(29)24-10-11-28-20-19(12-26-28)22(30)27(14-25-20)13-16-6-8-17(23)9-7-16/h2-9,12,14H,10-11,13H2,1H3,(H,24,29). The van der Waals surface area contributed by atoms with Crippen LogP contribution in [-0.2, 0) is 13.1 Å². The summed E-state index contributed by atoms with van der Waals surface area (Å²) in [5, 5.41) is 8.25. The zero-order chi connectivity index (χ0) is 21.1. The molecule has 0 saturated carbocycles. The van der Waals surface area contributed by atoms with Gasteiger partial charge in [-0.1, -0.05) is 41.9 Å². The third-order valence-corrected chi connectivity index (χ3v) is 5.14. The van der Waals surface area contributed by atoms with Crippen LogP contribution in [0.2, 0.25) is 5.02 Å². The molecular formula is C22H20ClN5O2. The van der Waals surface area contributed by atoms with E-state index in [1.54, 1.807) is 22.9 Å². The van der Waals surface area contributed by atoms with E-state index in [-0.39, 0.29) is 11.5 Å². The van der Waals surface area contributed by atoms with E-state index in [1.165, 1.54) is 17.1 Å². The highest BCUT2D eigenvalue weighted by Crippen LogP contribution is 2.11. The molecule has 7 nitrogen and oxygen atoms in total. The Morgan fingerprint density at radius 2 is 1.90 bits per heavy atom. The van der Waals surface area contributed by atoms with Crippen molar-refractivity contribution in [2.75, 3.05) is 6.54 Å². The normalized spacial score (nSPS) is 11.0. The van der Waals surface area contributed by atoms with E-state index in [4.69, 9.17) is 11.6 Å². The Morgan fingerprint density at radius 3 is 2.67 bits per heavy atom. The number of carbonyl (C=O) groups excluding carboxylic acids is 1. The van der Waals surface area contributed by atoms with Crippen molar-refractivity contribution in [3.05, 3.63) is 93.1 Å². The Bertz CT molecular complexity index is 1260. The number of rotatable bonds is 6. The van der Waals surface area contributed by atoms with Gasteiger partial charge < -0.3 is 5.32 Å². The molecular weight excluding hydrogens is 402 g/mol. The van der Waals surface area contributed by atoms with Crippen LogP contribution >= 0.6 is 11.6 Å². The molecule has 152 valence electrons. The second-order valence-electron chi connectivity index (χ2n) is 6.98. The maximum Gasteiger partial charge on any atom is 0.264 e. The summed E-state index contributed by atoms with van der Waals surface area (Å²) in [6.07, 6.45) is 3.04. The molecule has 0 atom stereocenters. The van der Waals surface area contributed by atoms with Gasteiger partial charge in [0.2, 0.25) is 0 Å². The topological polar surface area (TPSA) is 81.8 Å². The van der Waals surface area contributed by atoms with Crippen molar-refractivity contribution in [3.63, 3.8) is 0 Å². The highest BCUT2D eigenvalue weighted by molar-refractivity contribution is 6.30. The van der Waals surface area contributed by atoms with Gasteiger partial charge in [-0.25, -0.2) is 9.67 Å². The van der Waals surface area contributed by atoms with E-state index in [0.717, 1.165) is 11.1 Å². The van der Waals surface area contributed by atoms with Crippen LogP contribution in [0.4, 0.5) is 0 Å². The first-order valence-electron chi connectivity index (χ1n) is 9.52. The number of aromatic nitrogens is 4. The van der Waals surface area contributed by atoms with Crippen LogP contribution in [0.15, 0.2) is 65.8 Å². The van der Waals surface area contributed by atoms with Crippen molar-refractivity contribution >= 4 is 28.5 Å².